The van der Waals surface area contributed by atoms with Gasteiger partial charge < -0.3 is 16.2 Å². The maximum absolute atomic E-state index is 12.8. The predicted octanol–water partition coefficient (Wildman–Crippen LogP) is 3.20. The third-order valence-corrected chi connectivity index (χ3v) is 8.23. The number of nitrogen functional groups attached to an aromatic ring is 1. The van der Waals surface area contributed by atoms with E-state index < -0.39 is 0 Å². The predicted molar refractivity (Wildman–Crippen MR) is 126 cm³/mol. The van der Waals surface area contributed by atoms with Gasteiger partial charge in [0.05, 0.1) is 12.2 Å². The Labute approximate surface area is 190 Å². The van der Waals surface area contributed by atoms with E-state index in [-0.39, 0.29) is 23.7 Å². The summed E-state index contributed by atoms with van der Waals surface area (Å²) in [6.45, 7) is 7.48. The van der Waals surface area contributed by atoms with E-state index in [2.05, 4.69) is 53.3 Å². The fourth-order valence-electron chi connectivity index (χ4n) is 5.60. The Bertz CT molecular complexity index is 1010. The van der Waals surface area contributed by atoms with Gasteiger partial charge in [-0.1, -0.05) is 30.7 Å². The van der Waals surface area contributed by atoms with Crippen LogP contribution in [0.2, 0.25) is 0 Å². The fraction of sp³-hybridized carbons (Fsp3) is 0.538. The van der Waals surface area contributed by atoms with Crippen LogP contribution in [0.5, 0.6) is 0 Å². The zero-order valence-corrected chi connectivity index (χ0v) is 19.1. The number of nitrogens with one attached hydrogen (secondary N) is 1. The first kappa shape index (κ1) is 21.4. The maximum atomic E-state index is 12.8. The second kappa shape index (κ2) is 7.85. The number of carbonyl (C=O) groups excluding carboxylic acids is 1. The Kier molecular flexibility index (Phi) is 5.25. The molecule has 2 heterocycles. The number of benzene rings is 1. The molecular weight excluding hydrogens is 400 g/mol. The summed E-state index contributed by atoms with van der Waals surface area (Å²) in [4.78, 5) is 19.7. The molecule has 170 valence electrons. The molecular formula is C26H34N4O2. The quantitative estimate of drug-likeness (QED) is 0.622. The van der Waals surface area contributed by atoms with Gasteiger partial charge in [-0.3, -0.25) is 9.69 Å². The molecule has 0 radical (unpaired) electrons. The van der Waals surface area contributed by atoms with Crippen molar-refractivity contribution in [1.82, 2.24) is 15.2 Å². The molecule has 2 saturated carbocycles. The number of fused-ring (bicyclic) bond motifs is 1. The molecule has 6 heteroatoms. The first-order chi connectivity index (χ1) is 15.4. The van der Waals surface area contributed by atoms with Crippen molar-refractivity contribution in [3.63, 3.8) is 0 Å². The summed E-state index contributed by atoms with van der Waals surface area (Å²) < 4.78 is 0. The fourth-order valence-corrected chi connectivity index (χ4v) is 5.60. The van der Waals surface area contributed by atoms with Gasteiger partial charge in [0.25, 0.3) is 5.91 Å². The SMILES string of the molecule is CC(C)N1C[C@H]2C[C@@]2(c2ccc(-c3cnc(N)c(C(=O)NCC4(CO)CCC4)c3)cc2)C1. The highest BCUT2D eigenvalue weighted by Gasteiger charge is 2.60. The van der Waals surface area contributed by atoms with E-state index in [1.54, 1.807) is 6.20 Å². The van der Waals surface area contributed by atoms with Gasteiger partial charge in [-0.25, -0.2) is 4.98 Å². The van der Waals surface area contributed by atoms with Crippen LogP contribution in [0.3, 0.4) is 0 Å². The van der Waals surface area contributed by atoms with E-state index in [9.17, 15) is 9.90 Å². The molecule has 5 rings (SSSR count). The van der Waals surface area contributed by atoms with E-state index >= 15 is 0 Å². The number of piperidine rings is 1. The number of pyridine rings is 1. The number of aliphatic hydroxyl groups excluding tert-OH is 1. The van der Waals surface area contributed by atoms with Crippen LogP contribution in [-0.4, -0.2) is 53.2 Å². The van der Waals surface area contributed by atoms with Crippen molar-refractivity contribution in [3.05, 3.63) is 47.7 Å². The van der Waals surface area contributed by atoms with E-state index in [4.69, 9.17) is 5.73 Å². The van der Waals surface area contributed by atoms with Gasteiger partial charge >= 0.3 is 0 Å². The highest BCUT2D eigenvalue weighted by Crippen LogP contribution is 2.59. The van der Waals surface area contributed by atoms with Gasteiger partial charge in [-0.2, -0.15) is 0 Å². The molecule has 1 aliphatic heterocycles. The van der Waals surface area contributed by atoms with Gasteiger partial charge in [0.1, 0.15) is 5.82 Å². The number of nitrogens with zero attached hydrogens (tertiary/aromatic N) is 2. The van der Waals surface area contributed by atoms with Gasteiger partial charge in [0.2, 0.25) is 0 Å². The van der Waals surface area contributed by atoms with Crippen molar-refractivity contribution in [2.24, 2.45) is 11.3 Å². The lowest BCUT2D eigenvalue weighted by atomic mass is 9.69. The van der Waals surface area contributed by atoms with Crippen molar-refractivity contribution >= 4 is 11.7 Å². The topological polar surface area (TPSA) is 91.5 Å². The van der Waals surface area contributed by atoms with E-state index in [1.807, 2.05) is 6.07 Å². The monoisotopic (exact) mass is 434 g/mol. The average molecular weight is 435 g/mol. The summed E-state index contributed by atoms with van der Waals surface area (Å²) in [5, 5.41) is 12.6. The molecule has 4 N–H and O–H groups in total. The molecule has 2 aliphatic carbocycles. The van der Waals surface area contributed by atoms with Crippen LogP contribution in [0.4, 0.5) is 5.82 Å². The van der Waals surface area contributed by atoms with Gasteiger partial charge in [-0.05, 0) is 56.2 Å². The number of aliphatic hydroxyl groups is 1. The Morgan fingerprint density at radius 2 is 2.03 bits per heavy atom. The number of hydrogen-bond acceptors (Lipinski definition) is 5. The standard InChI is InChI=1S/C26H34N4O2/c1-17(2)30-13-21-11-26(21,15-30)20-6-4-18(5-7-20)19-10-22(23(27)28-12-19)24(32)29-14-25(16-31)8-3-9-25/h4-7,10,12,17,21,31H,3,8-9,11,13-16H2,1-2H3,(H2,27,28)(H,29,32)/t21-,26+/m1/s1. The number of likely N-dealkylation sites (tertiary alicyclic amines) is 1. The first-order valence-electron chi connectivity index (χ1n) is 11.9. The molecule has 6 nitrogen and oxygen atoms in total. The minimum absolute atomic E-state index is 0.102. The molecule has 1 aromatic heterocycles. The van der Waals surface area contributed by atoms with Crippen molar-refractivity contribution < 1.29 is 9.90 Å². The van der Waals surface area contributed by atoms with Gasteiger partial charge in [0, 0.05) is 48.3 Å². The minimum atomic E-state index is -0.229. The number of aromatic nitrogens is 1. The number of nitrogens with two attached hydrogens (primary N) is 1. The van der Waals surface area contributed by atoms with Crippen LogP contribution in [0.15, 0.2) is 36.5 Å². The van der Waals surface area contributed by atoms with Crippen LogP contribution in [0.25, 0.3) is 11.1 Å². The normalized spacial score (nSPS) is 25.9. The molecule has 2 aromatic rings. The molecule has 32 heavy (non-hydrogen) atoms. The summed E-state index contributed by atoms with van der Waals surface area (Å²) in [5.41, 5.74) is 9.92. The summed E-state index contributed by atoms with van der Waals surface area (Å²) in [7, 11) is 0. The summed E-state index contributed by atoms with van der Waals surface area (Å²) in [6, 6.07) is 11.2. The van der Waals surface area contributed by atoms with Gasteiger partial charge in [0.15, 0.2) is 0 Å². The highest BCUT2D eigenvalue weighted by molar-refractivity contribution is 5.99. The highest BCUT2D eigenvalue weighted by atomic mass is 16.3. The Morgan fingerprint density at radius 3 is 2.62 bits per heavy atom. The van der Waals surface area contributed by atoms with Gasteiger partial charge in [-0.15, -0.1) is 0 Å². The largest absolute Gasteiger partial charge is 0.396 e. The second-order valence-electron chi connectivity index (χ2n) is 10.5. The van der Waals surface area contributed by atoms with Crippen LogP contribution in [0, 0.1) is 11.3 Å². The van der Waals surface area contributed by atoms with E-state index in [0.717, 1.165) is 42.9 Å². The van der Waals surface area contributed by atoms with Crippen LogP contribution in [0.1, 0.15) is 55.5 Å². The molecule has 3 fully saturated rings. The van der Waals surface area contributed by atoms with E-state index in [0.29, 0.717) is 23.6 Å². The molecule has 1 amide bonds. The van der Waals surface area contributed by atoms with E-state index in [1.165, 1.54) is 18.5 Å². The lowest BCUT2D eigenvalue weighted by Gasteiger charge is -2.40. The Hall–Kier alpha value is -2.44. The lowest BCUT2D eigenvalue weighted by Crippen LogP contribution is -2.44. The Balaban J connectivity index is 1.31. The number of hydrogen-bond donors (Lipinski definition) is 3. The first-order valence-corrected chi connectivity index (χ1v) is 11.9. The molecule has 0 spiro atoms. The number of amides is 1. The Morgan fingerprint density at radius 1 is 1.28 bits per heavy atom. The molecule has 1 aromatic carbocycles. The molecule has 0 bridgehead atoms. The third kappa shape index (κ3) is 3.59. The third-order valence-electron chi connectivity index (χ3n) is 8.23. The summed E-state index contributed by atoms with van der Waals surface area (Å²) >= 11 is 0. The second-order valence-corrected chi connectivity index (χ2v) is 10.5. The number of carbonyl (C=O) groups is 1. The maximum Gasteiger partial charge on any atom is 0.255 e. The number of rotatable bonds is 7. The summed E-state index contributed by atoms with van der Waals surface area (Å²) in [5.74, 6) is 0.781. The average Bonchev–Trinajstić information content (AvgIpc) is 3.34. The van der Waals surface area contributed by atoms with Crippen molar-refractivity contribution in [2.45, 2.75) is 51.0 Å². The lowest BCUT2D eigenvalue weighted by molar-refractivity contribution is 0.0429. The van der Waals surface area contributed by atoms with Crippen molar-refractivity contribution in [3.8, 4) is 11.1 Å². The van der Waals surface area contributed by atoms with Crippen LogP contribution >= 0.6 is 0 Å². The zero-order valence-electron chi connectivity index (χ0n) is 19.1. The molecule has 1 saturated heterocycles. The van der Waals surface area contributed by atoms with Crippen LogP contribution in [-0.2, 0) is 5.41 Å². The summed E-state index contributed by atoms with van der Waals surface area (Å²) in [6.07, 6.45) is 6.01. The zero-order chi connectivity index (χ0) is 22.5. The van der Waals surface area contributed by atoms with Crippen molar-refractivity contribution in [2.75, 3.05) is 32.0 Å². The molecule has 0 unspecified atom stereocenters. The smallest absolute Gasteiger partial charge is 0.255 e. The van der Waals surface area contributed by atoms with Crippen molar-refractivity contribution in [1.29, 1.82) is 0 Å². The minimum Gasteiger partial charge on any atom is -0.396 e. The number of anilines is 1. The van der Waals surface area contributed by atoms with Crippen LogP contribution < -0.4 is 11.1 Å². The molecule has 2 atom stereocenters. The molecule has 3 aliphatic rings.